The molecule has 1 aromatic carbocycles. The Balaban J connectivity index is 2.34. The number of aliphatic carboxylic acids is 1. The van der Waals surface area contributed by atoms with Gasteiger partial charge in [-0.3, -0.25) is 4.79 Å². The molecule has 7 heteroatoms. The Labute approximate surface area is 130 Å². The molecule has 1 heterocycles. The minimum atomic E-state index is -3.80. The van der Waals surface area contributed by atoms with Gasteiger partial charge in [0.15, 0.2) is 0 Å². The zero-order valence-corrected chi connectivity index (χ0v) is 13.8. The van der Waals surface area contributed by atoms with Crippen molar-refractivity contribution in [1.82, 2.24) is 4.31 Å². The molecule has 1 aromatic rings. The quantitative estimate of drug-likeness (QED) is 0.894. The molecular weight excluding hydrogens is 306 g/mol. The Morgan fingerprint density at radius 2 is 2.09 bits per heavy atom. The van der Waals surface area contributed by atoms with E-state index in [-0.39, 0.29) is 17.5 Å². The van der Waals surface area contributed by atoms with Crippen molar-refractivity contribution < 1.29 is 23.1 Å². The number of hydrogen-bond donors (Lipinski definition) is 1. The van der Waals surface area contributed by atoms with Gasteiger partial charge in [-0.05, 0) is 57.4 Å². The summed E-state index contributed by atoms with van der Waals surface area (Å²) in [5.41, 5.74) is 0.709. The average molecular weight is 327 g/mol. The molecule has 1 aliphatic rings. The van der Waals surface area contributed by atoms with E-state index in [1.165, 1.54) is 12.1 Å². The van der Waals surface area contributed by atoms with Gasteiger partial charge in [0.1, 0.15) is 11.8 Å². The second kappa shape index (κ2) is 6.26. The summed E-state index contributed by atoms with van der Waals surface area (Å²) < 4.78 is 32.0. The van der Waals surface area contributed by atoms with Gasteiger partial charge in [-0.25, -0.2) is 8.42 Å². The van der Waals surface area contributed by atoms with Gasteiger partial charge in [-0.1, -0.05) is 0 Å². The predicted octanol–water partition coefficient (Wildman–Crippen LogP) is 2.02. The van der Waals surface area contributed by atoms with Crippen LogP contribution in [0.15, 0.2) is 23.1 Å². The molecule has 1 saturated heterocycles. The van der Waals surface area contributed by atoms with Crippen molar-refractivity contribution in [1.29, 1.82) is 0 Å². The van der Waals surface area contributed by atoms with E-state index in [1.54, 1.807) is 13.0 Å². The molecule has 1 aliphatic heterocycles. The molecule has 0 amide bonds. The third-order valence-electron chi connectivity index (χ3n) is 3.60. The van der Waals surface area contributed by atoms with Crippen molar-refractivity contribution in [3.8, 4) is 5.75 Å². The third-order valence-corrected chi connectivity index (χ3v) is 5.51. The first-order chi connectivity index (χ1) is 10.2. The van der Waals surface area contributed by atoms with Crippen molar-refractivity contribution >= 4 is 16.0 Å². The first-order valence-corrected chi connectivity index (χ1v) is 8.69. The van der Waals surface area contributed by atoms with Gasteiger partial charge in [0, 0.05) is 6.54 Å². The van der Waals surface area contributed by atoms with Gasteiger partial charge < -0.3 is 9.84 Å². The summed E-state index contributed by atoms with van der Waals surface area (Å²) in [6.07, 6.45) is 0.905. The lowest BCUT2D eigenvalue weighted by molar-refractivity contribution is -0.140. The van der Waals surface area contributed by atoms with Crippen LogP contribution in [-0.4, -0.2) is 42.5 Å². The van der Waals surface area contributed by atoms with Crippen LogP contribution in [0.3, 0.4) is 0 Å². The van der Waals surface area contributed by atoms with Crippen molar-refractivity contribution in [3.05, 3.63) is 23.8 Å². The lowest BCUT2D eigenvalue weighted by Crippen LogP contribution is -2.40. The Bertz CT molecular complexity index is 669. The Hall–Kier alpha value is -1.60. The van der Waals surface area contributed by atoms with Crippen LogP contribution in [0.25, 0.3) is 0 Å². The Morgan fingerprint density at radius 3 is 2.64 bits per heavy atom. The van der Waals surface area contributed by atoms with E-state index in [9.17, 15) is 13.2 Å². The molecule has 1 N–H and O–H groups in total. The molecule has 0 bridgehead atoms. The number of carbonyl (C=O) groups is 1. The highest BCUT2D eigenvalue weighted by atomic mass is 32.2. The number of aryl methyl sites for hydroxylation is 1. The summed E-state index contributed by atoms with van der Waals surface area (Å²) in [4.78, 5) is 11.3. The highest BCUT2D eigenvalue weighted by molar-refractivity contribution is 7.89. The van der Waals surface area contributed by atoms with Gasteiger partial charge in [0.25, 0.3) is 0 Å². The summed E-state index contributed by atoms with van der Waals surface area (Å²) in [7, 11) is -3.80. The minimum absolute atomic E-state index is 0.00358. The van der Waals surface area contributed by atoms with Crippen LogP contribution in [0.1, 0.15) is 32.3 Å². The molecule has 0 aliphatic carbocycles. The molecule has 0 radical (unpaired) electrons. The lowest BCUT2D eigenvalue weighted by atomic mass is 10.2. The van der Waals surface area contributed by atoms with Crippen LogP contribution in [0.5, 0.6) is 5.75 Å². The molecule has 0 saturated carbocycles. The first kappa shape index (κ1) is 16.8. The maximum atomic E-state index is 12.7. The summed E-state index contributed by atoms with van der Waals surface area (Å²) in [6, 6.07) is 3.65. The number of nitrogens with zero attached hydrogens (tertiary/aromatic N) is 1. The number of sulfonamides is 1. The van der Waals surface area contributed by atoms with E-state index < -0.39 is 22.0 Å². The molecular formula is C15H21NO5S. The Kier molecular flexibility index (Phi) is 4.77. The summed E-state index contributed by atoms with van der Waals surface area (Å²) in [5.74, 6) is -0.470. The number of carboxylic acids is 1. The van der Waals surface area contributed by atoms with E-state index in [2.05, 4.69) is 0 Å². The second-order valence-corrected chi connectivity index (χ2v) is 7.60. The molecule has 1 fully saturated rings. The molecule has 2 rings (SSSR count). The maximum absolute atomic E-state index is 12.7. The normalized spacial score (nSPS) is 19.5. The number of rotatable bonds is 5. The van der Waals surface area contributed by atoms with Crippen LogP contribution in [-0.2, 0) is 14.8 Å². The van der Waals surface area contributed by atoms with Gasteiger partial charge in [0.2, 0.25) is 10.0 Å². The van der Waals surface area contributed by atoms with E-state index in [1.807, 2.05) is 13.8 Å². The van der Waals surface area contributed by atoms with E-state index >= 15 is 0 Å². The molecule has 1 atom stereocenters. The van der Waals surface area contributed by atoms with Crippen LogP contribution in [0.4, 0.5) is 0 Å². The fourth-order valence-corrected chi connectivity index (χ4v) is 4.32. The maximum Gasteiger partial charge on any atom is 0.322 e. The van der Waals surface area contributed by atoms with Crippen molar-refractivity contribution in [2.75, 3.05) is 6.54 Å². The van der Waals surface area contributed by atoms with Crippen LogP contribution in [0, 0.1) is 6.92 Å². The zero-order chi connectivity index (χ0) is 16.5. The number of benzene rings is 1. The Morgan fingerprint density at radius 1 is 1.41 bits per heavy atom. The van der Waals surface area contributed by atoms with E-state index in [0.29, 0.717) is 24.2 Å². The van der Waals surface area contributed by atoms with Gasteiger partial charge in [0.05, 0.1) is 11.0 Å². The highest BCUT2D eigenvalue weighted by Gasteiger charge is 2.39. The van der Waals surface area contributed by atoms with Gasteiger partial charge >= 0.3 is 5.97 Å². The molecule has 0 spiro atoms. The number of ether oxygens (including phenoxy) is 1. The third kappa shape index (κ3) is 3.25. The fraction of sp³-hybridized carbons (Fsp3) is 0.533. The lowest BCUT2D eigenvalue weighted by Gasteiger charge is -2.21. The highest BCUT2D eigenvalue weighted by Crippen LogP contribution is 2.29. The minimum Gasteiger partial charge on any atom is -0.491 e. The van der Waals surface area contributed by atoms with Gasteiger partial charge in [-0.2, -0.15) is 4.31 Å². The summed E-state index contributed by atoms with van der Waals surface area (Å²) >= 11 is 0. The first-order valence-electron chi connectivity index (χ1n) is 7.25. The molecule has 0 aromatic heterocycles. The smallest absolute Gasteiger partial charge is 0.322 e. The monoisotopic (exact) mass is 327 g/mol. The standard InChI is InChI=1S/C15H21NO5S/c1-10(2)21-14-7-6-12(9-11(14)3)22(19,20)16-8-4-5-13(16)15(17)18/h6-7,9-10,13H,4-5,8H2,1-3H3,(H,17,18)/t13-/m1/s1. The molecule has 22 heavy (non-hydrogen) atoms. The van der Waals surface area contributed by atoms with Crippen LogP contribution in [0.2, 0.25) is 0 Å². The number of hydrogen-bond acceptors (Lipinski definition) is 4. The molecule has 0 unspecified atom stereocenters. The van der Waals surface area contributed by atoms with Crippen molar-refractivity contribution in [2.24, 2.45) is 0 Å². The van der Waals surface area contributed by atoms with Gasteiger partial charge in [-0.15, -0.1) is 0 Å². The largest absolute Gasteiger partial charge is 0.491 e. The van der Waals surface area contributed by atoms with Crippen molar-refractivity contribution in [2.45, 2.75) is 50.7 Å². The summed E-state index contributed by atoms with van der Waals surface area (Å²) in [6.45, 7) is 5.80. The summed E-state index contributed by atoms with van der Waals surface area (Å²) in [5, 5.41) is 9.17. The number of carboxylic acid groups (broad SMARTS) is 1. The molecule has 6 nitrogen and oxygen atoms in total. The SMILES string of the molecule is Cc1cc(S(=O)(=O)N2CCC[C@@H]2C(=O)O)ccc1OC(C)C. The average Bonchev–Trinajstić information content (AvgIpc) is 2.90. The second-order valence-electron chi connectivity index (χ2n) is 5.71. The zero-order valence-electron chi connectivity index (χ0n) is 12.9. The molecule has 122 valence electrons. The van der Waals surface area contributed by atoms with Crippen LogP contribution < -0.4 is 4.74 Å². The van der Waals surface area contributed by atoms with Crippen LogP contribution >= 0.6 is 0 Å². The fourth-order valence-electron chi connectivity index (χ4n) is 2.58. The van der Waals surface area contributed by atoms with E-state index in [4.69, 9.17) is 9.84 Å². The predicted molar refractivity (Wildman–Crippen MR) is 81.5 cm³/mol. The van der Waals surface area contributed by atoms with E-state index in [0.717, 1.165) is 4.31 Å². The van der Waals surface area contributed by atoms with Crippen molar-refractivity contribution in [3.63, 3.8) is 0 Å². The topological polar surface area (TPSA) is 83.9 Å².